The molecular formula is C27H24O17. The molecule has 5 atom stereocenters. The van der Waals surface area contributed by atoms with Crippen molar-refractivity contribution in [3.8, 4) is 51.7 Å². The van der Waals surface area contributed by atoms with Crippen LogP contribution in [0.25, 0.3) is 0 Å². The Balaban J connectivity index is 1.64. The average molecular weight is 620 g/mol. The molecule has 0 aromatic heterocycles. The van der Waals surface area contributed by atoms with Crippen LogP contribution in [0.2, 0.25) is 0 Å². The quantitative estimate of drug-likeness (QED) is 0.0991. The van der Waals surface area contributed by atoms with Gasteiger partial charge in [-0.05, 0) is 36.4 Å². The van der Waals surface area contributed by atoms with E-state index in [1.807, 2.05) is 0 Å². The van der Waals surface area contributed by atoms with Crippen molar-refractivity contribution in [1.29, 1.82) is 0 Å². The molecule has 0 aliphatic heterocycles. The predicted molar refractivity (Wildman–Crippen MR) is 139 cm³/mol. The van der Waals surface area contributed by atoms with Gasteiger partial charge in [0, 0.05) is 6.42 Å². The third kappa shape index (κ3) is 6.03. The van der Waals surface area contributed by atoms with Crippen molar-refractivity contribution < 1.29 is 84.8 Å². The number of phenolic OH excluding ortho intramolecular Hbond substituents is 9. The highest BCUT2D eigenvalue weighted by Gasteiger charge is 2.50. The Bertz CT molecular complexity index is 1560. The van der Waals surface area contributed by atoms with Gasteiger partial charge in [-0.1, -0.05) is 0 Å². The van der Waals surface area contributed by atoms with Gasteiger partial charge in [-0.3, -0.25) is 0 Å². The molecule has 0 bridgehead atoms. The van der Waals surface area contributed by atoms with E-state index in [1.165, 1.54) is 0 Å². The molecule has 4 rings (SSSR count). The maximum atomic E-state index is 12.9. The summed E-state index contributed by atoms with van der Waals surface area (Å²) in [5, 5.41) is 109. The second-order valence-corrected chi connectivity index (χ2v) is 9.57. The number of carbonyl (C=O) groups is 3. The smallest absolute Gasteiger partial charge is 0.338 e. The Morgan fingerprint density at radius 3 is 1.14 bits per heavy atom. The fourth-order valence-electron chi connectivity index (χ4n) is 4.30. The van der Waals surface area contributed by atoms with Gasteiger partial charge in [0.1, 0.15) is 12.2 Å². The van der Waals surface area contributed by atoms with Gasteiger partial charge in [0.25, 0.3) is 0 Å². The van der Waals surface area contributed by atoms with Gasteiger partial charge in [0.15, 0.2) is 64.0 Å². The lowest BCUT2D eigenvalue weighted by Crippen LogP contribution is -2.59. The van der Waals surface area contributed by atoms with E-state index in [1.54, 1.807) is 0 Å². The molecule has 17 heteroatoms. The van der Waals surface area contributed by atoms with E-state index in [4.69, 9.17) is 14.2 Å². The number of ether oxygens (including phenoxy) is 3. The summed E-state index contributed by atoms with van der Waals surface area (Å²) in [6, 6.07) is 4.20. The fraction of sp³-hybridized carbons (Fsp3) is 0.222. The number of esters is 3. The third-order valence-electron chi connectivity index (χ3n) is 6.55. The summed E-state index contributed by atoms with van der Waals surface area (Å²) in [5.74, 6) is -12.4. The molecule has 0 unspecified atom stereocenters. The Labute approximate surface area is 244 Å². The maximum Gasteiger partial charge on any atom is 0.338 e. The predicted octanol–water partition coefficient (Wildman–Crippen LogP) is 0.139. The molecule has 3 aromatic rings. The lowest BCUT2D eigenvalue weighted by Gasteiger charge is -2.41. The Morgan fingerprint density at radius 1 is 0.500 bits per heavy atom. The Kier molecular flexibility index (Phi) is 8.36. The zero-order valence-corrected chi connectivity index (χ0v) is 21.9. The summed E-state index contributed by atoms with van der Waals surface area (Å²) in [5.41, 5.74) is -1.64. The average Bonchev–Trinajstić information content (AvgIpc) is 2.96. The molecule has 44 heavy (non-hydrogen) atoms. The first-order chi connectivity index (χ1) is 20.6. The van der Waals surface area contributed by atoms with Crippen LogP contribution < -0.4 is 0 Å². The largest absolute Gasteiger partial charge is 0.504 e. The van der Waals surface area contributed by atoms with Crippen LogP contribution in [0.4, 0.5) is 0 Å². The van der Waals surface area contributed by atoms with Crippen LogP contribution >= 0.6 is 0 Å². The van der Waals surface area contributed by atoms with Crippen molar-refractivity contribution >= 4 is 17.9 Å². The Morgan fingerprint density at radius 2 is 0.795 bits per heavy atom. The first-order valence-electron chi connectivity index (χ1n) is 12.3. The van der Waals surface area contributed by atoms with Crippen LogP contribution in [0.3, 0.4) is 0 Å². The molecule has 0 heterocycles. The monoisotopic (exact) mass is 620 g/mol. The van der Waals surface area contributed by atoms with Crippen molar-refractivity contribution in [2.45, 2.75) is 36.9 Å². The minimum atomic E-state index is -2.18. The topological polar surface area (TPSA) is 301 Å². The first kappa shape index (κ1) is 31.1. The molecule has 234 valence electrons. The van der Waals surface area contributed by atoms with Crippen LogP contribution in [-0.4, -0.2) is 105 Å². The highest BCUT2D eigenvalue weighted by Crippen LogP contribution is 2.39. The molecule has 0 saturated heterocycles. The van der Waals surface area contributed by atoms with Crippen molar-refractivity contribution in [2.24, 2.45) is 0 Å². The summed E-state index contributed by atoms with van der Waals surface area (Å²) in [6.07, 6.45) is -10.3. The van der Waals surface area contributed by atoms with Crippen LogP contribution in [0.15, 0.2) is 36.4 Å². The summed E-state index contributed by atoms with van der Waals surface area (Å²) in [6.45, 7) is 0. The van der Waals surface area contributed by atoms with Crippen molar-refractivity contribution in [3.63, 3.8) is 0 Å². The lowest BCUT2D eigenvalue weighted by molar-refractivity contribution is -0.180. The zero-order chi connectivity index (χ0) is 32.6. The molecule has 0 amide bonds. The number of carbonyl (C=O) groups excluding carboxylic acids is 3. The van der Waals surface area contributed by atoms with E-state index in [9.17, 15) is 70.6 Å². The molecule has 0 radical (unpaired) electrons. The summed E-state index contributed by atoms with van der Waals surface area (Å²) in [4.78, 5) is 38.5. The molecule has 1 aliphatic carbocycles. The maximum absolute atomic E-state index is 12.9. The second kappa shape index (κ2) is 11.8. The van der Waals surface area contributed by atoms with Crippen LogP contribution in [0.5, 0.6) is 51.7 Å². The van der Waals surface area contributed by atoms with E-state index in [2.05, 4.69) is 0 Å². The van der Waals surface area contributed by atoms with Crippen LogP contribution in [0, 0.1) is 0 Å². The Hall–Kier alpha value is -5.81. The number of hydrogen-bond acceptors (Lipinski definition) is 17. The molecule has 17 nitrogen and oxygen atoms in total. The van der Waals surface area contributed by atoms with Gasteiger partial charge in [-0.15, -0.1) is 0 Å². The molecular weight excluding hydrogens is 596 g/mol. The molecule has 3 aromatic carbocycles. The SMILES string of the molecule is O=C(O[C@@H]1[C@@H](O)[C@H](OC(=O)c2cc(O)c(O)c(O)c2)[C@@H](O)C[C@H]1OC(=O)c1cc(O)c(O)c(O)c1)c1cc(O)c(O)c(O)c1. The second-order valence-electron chi connectivity index (χ2n) is 9.57. The molecule has 0 spiro atoms. The van der Waals surface area contributed by atoms with E-state index < -0.39 is 123 Å². The first-order valence-corrected chi connectivity index (χ1v) is 12.3. The standard InChI is InChI=1S/C27H24O17/c28-11-1-8(2-12(29)19(11)35)25(39)42-18-7-17(34)23(43-26(40)9-3-13(30)20(36)14(31)4-9)22(38)24(18)44-27(41)10-5-15(32)21(37)16(33)6-10/h1-6,17-18,22-24,28-38H,7H2/t17-,18+,22-,23+,24-/m0/s1. The van der Waals surface area contributed by atoms with Crippen LogP contribution in [-0.2, 0) is 14.2 Å². The van der Waals surface area contributed by atoms with E-state index in [0.717, 1.165) is 0 Å². The van der Waals surface area contributed by atoms with Crippen molar-refractivity contribution in [3.05, 3.63) is 53.1 Å². The van der Waals surface area contributed by atoms with Gasteiger partial charge in [0.05, 0.1) is 22.8 Å². The highest BCUT2D eigenvalue weighted by atomic mass is 16.6. The van der Waals surface area contributed by atoms with Gasteiger partial charge in [0.2, 0.25) is 0 Å². The zero-order valence-electron chi connectivity index (χ0n) is 21.9. The number of rotatable bonds is 6. The van der Waals surface area contributed by atoms with Gasteiger partial charge < -0.3 is 70.4 Å². The van der Waals surface area contributed by atoms with Gasteiger partial charge in [-0.25, -0.2) is 14.4 Å². The summed E-state index contributed by atoms with van der Waals surface area (Å²) >= 11 is 0. The van der Waals surface area contributed by atoms with E-state index in [0.29, 0.717) is 36.4 Å². The molecule has 1 fully saturated rings. The third-order valence-corrected chi connectivity index (χ3v) is 6.55. The minimum absolute atomic E-state index is 0.527. The molecule has 11 N–H and O–H groups in total. The number of aromatic hydroxyl groups is 9. The number of aliphatic hydroxyl groups is 2. The minimum Gasteiger partial charge on any atom is -0.504 e. The van der Waals surface area contributed by atoms with Crippen molar-refractivity contribution in [2.75, 3.05) is 0 Å². The van der Waals surface area contributed by atoms with Gasteiger partial charge in [-0.2, -0.15) is 0 Å². The number of hydrogen-bond donors (Lipinski definition) is 11. The van der Waals surface area contributed by atoms with Crippen molar-refractivity contribution in [1.82, 2.24) is 0 Å². The number of benzene rings is 3. The summed E-state index contributed by atoms with van der Waals surface area (Å²) < 4.78 is 15.6. The fourth-order valence-corrected chi connectivity index (χ4v) is 4.30. The van der Waals surface area contributed by atoms with E-state index >= 15 is 0 Å². The highest BCUT2D eigenvalue weighted by molar-refractivity contribution is 5.93. The summed E-state index contributed by atoms with van der Waals surface area (Å²) in [7, 11) is 0. The van der Waals surface area contributed by atoms with Crippen LogP contribution in [0.1, 0.15) is 37.5 Å². The van der Waals surface area contributed by atoms with E-state index in [-0.39, 0.29) is 0 Å². The molecule has 1 saturated carbocycles. The number of phenols is 9. The lowest BCUT2D eigenvalue weighted by atomic mass is 9.86. The normalized spacial score (nSPS) is 21.3. The number of aliphatic hydroxyl groups excluding tert-OH is 2. The molecule has 1 aliphatic rings. The van der Waals surface area contributed by atoms with Gasteiger partial charge >= 0.3 is 17.9 Å².